The molecule has 0 fully saturated rings. The number of aliphatic carboxylic acids is 1. The van der Waals surface area contributed by atoms with E-state index in [4.69, 9.17) is 19.2 Å². The van der Waals surface area contributed by atoms with E-state index in [2.05, 4.69) is 15.0 Å². The lowest BCUT2D eigenvalue weighted by Crippen LogP contribution is -2.36. The van der Waals surface area contributed by atoms with Gasteiger partial charge in [0.1, 0.15) is 5.82 Å². The van der Waals surface area contributed by atoms with Crippen LogP contribution in [0.25, 0.3) is 0 Å². The number of carboxylic acids is 1. The smallest absolute Gasteiger partial charge is 0.475 e. The summed E-state index contributed by atoms with van der Waals surface area (Å²) in [6.45, 7) is 5.13. The third-order valence-corrected chi connectivity index (χ3v) is 4.14. The Morgan fingerprint density at radius 1 is 1.27 bits per heavy atom. The van der Waals surface area contributed by atoms with E-state index >= 15 is 0 Å². The van der Waals surface area contributed by atoms with Crippen LogP contribution >= 0.6 is 0 Å². The summed E-state index contributed by atoms with van der Waals surface area (Å²) in [5, 5.41) is 10.7. The monoisotopic (exact) mass is 430 g/mol. The first-order valence-corrected chi connectivity index (χ1v) is 8.84. The van der Waals surface area contributed by atoms with Gasteiger partial charge < -0.3 is 24.2 Å². The Bertz CT molecular complexity index is 858. The molecule has 0 spiro atoms. The zero-order valence-corrected chi connectivity index (χ0v) is 16.3. The van der Waals surface area contributed by atoms with Crippen molar-refractivity contribution in [3.05, 3.63) is 41.4 Å². The van der Waals surface area contributed by atoms with Gasteiger partial charge in [0.05, 0.1) is 12.8 Å². The van der Waals surface area contributed by atoms with Crippen molar-refractivity contribution in [1.29, 1.82) is 0 Å². The number of carboxylic acid groups (broad SMARTS) is 1. The molecule has 0 saturated carbocycles. The predicted molar refractivity (Wildman–Crippen MR) is 98.0 cm³/mol. The van der Waals surface area contributed by atoms with Crippen LogP contribution in [0.4, 0.5) is 19.0 Å². The highest BCUT2D eigenvalue weighted by molar-refractivity contribution is 5.91. The number of pyridine rings is 1. The van der Waals surface area contributed by atoms with Crippen molar-refractivity contribution in [3.8, 4) is 0 Å². The van der Waals surface area contributed by atoms with Crippen LogP contribution in [0.15, 0.2) is 28.9 Å². The molecule has 164 valence electrons. The molecule has 1 aliphatic rings. The summed E-state index contributed by atoms with van der Waals surface area (Å²) in [6, 6.07) is 5.59. The number of carbonyl (C=O) groups excluding carboxylic acids is 1. The van der Waals surface area contributed by atoms with Crippen LogP contribution in [0.2, 0.25) is 0 Å². The Labute approximate surface area is 170 Å². The van der Waals surface area contributed by atoms with Gasteiger partial charge in [-0.25, -0.2) is 9.78 Å². The first kappa shape index (κ1) is 23.1. The maximum atomic E-state index is 12.5. The second-order valence-electron chi connectivity index (χ2n) is 6.32. The number of fused-ring (bicyclic) bond motifs is 1. The van der Waals surface area contributed by atoms with Crippen molar-refractivity contribution >= 4 is 17.7 Å². The average Bonchev–Trinajstić information content (AvgIpc) is 3.16. The molecule has 2 aromatic heterocycles. The van der Waals surface area contributed by atoms with Crippen molar-refractivity contribution in [3.63, 3.8) is 0 Å². The van der Waals surface area contributed by atoms with Gasteiger partial charge in [0, 0.05) is 50.6 Å². The molecule has 0 radical (unpaired) electrons. The van der Waals surface area contributed by atoms with Gasteiger partial charge in [-0.1, -0.05) is 11.2 Å². The number of aromatic nitrogens is 2. The van der Waals surface area contributed by atoms with Gasteiger partial charge in [-0.15, -0.1) is 0 Å². The Morgan fingerprint density at radius 2 is 1.97 bits per heavy atom. The molecule has 0 saturated heterocycles. The second kappa shape index (κ2) is 10.1. The lowest BCUT2D eigenvalue weighted by molar-refractivity contribution is -0.192. The van der Waals surface area contributed by atoms with Gasteiger partial charge in [-0.3, -0.25) is 4.79 Å². The summed E-state index contributed by atoms with van der Waals surface area (Å²) in [6.07, 6.45) is -3.60. The largest absolute Gasteiger partial charge is 0.490 e. The number of aryl methyl sites for hydroxylation is 1. The molecule has 1 amide bonds. The molecule has 3 rings (SSSR count). The number of amides is 1. The van der Waals surface area contributed by atoms with E-state index in [1.165, 1.54) is 6.20 Å². The fourth-order valence-electron chi connectivity index (χ4n) is 2.68. The van der Waals surface area contributed by atoms with E-state index in [1.54, 1.807) is 18.1 Å². The highest BCUT2D eigenvalue weighted by Gasteiger charge is 2.38. The maximum absolute atomic E-state index is 12.5. The van der Waals surface area contributed by atoms with E-state index in [1.807, 2.05) is 19.1 Å². The Balaban J connectivity index is 0.000000396. The molecule has 0 aromatic carbocycles. The lowest BCUT2D eigenvalue weighted by Gasteiger charge is -2.23. The van der Waals surface area contributed by atoms with E-state index in [0.29, 0.717) is 26.2 Å². The van der Waals surface area contributed by atoms with E-state index in [9.17, 15) is 18.0 Å². The van der Waals surface area contributed by atoms with Crippen LogP contribution in [0.1, 0.15) is 21.8 Å². The SMILES string of the molecule is COCCN1CCN(C(=O)c2ccno2)Cc2ccc(C)nc21.O=C(O)C(F)(F)F. The number of anilines is 1. The van der Waals surface area contributed by atoms with Crippen molar-refractivity contribution in [2.75, 3.05) is 38.3 Å². The van der Waals surface area contributed by atoms with Gasteiger partial charge in [-0.2, -0.15) is 13.2 Å². The van der Waals surface area contributed by atoms with Crippen LogP contribution in [0.5, 0.6) is 0 Å². The second-order valence-corrected chi connectivity index (χ2v) is 6.32. The molecular weight excluding hydrogens is 409 g/mol. The van der Waals surface area contributed by atoms with Crippen LogP contribution in [0, 0.1) is 6.92 Å². The van der Waals surface area contributed by atoms with Gasteiger partial charge in [-0.05, 0) is 13.0 Å². The number of hydrogen-bond acceptors (Lipinski definition) is 7. The number of rotatable bonds is 4. The number of carbonyl (C=O) groups is 2. The Hall–Kier alpha value is -3.15. The highest BCUT2D eigenvalue weighted by Crippen LogP contribution is 2.24. The third kappa shape index (κ3) is 6.17. The fraction of sp³-hybridized carbons (Fsp3) is 0.444. The van der Waals surface area contributed by atoms with Crippen LogP contribution in [-0.4, -0.2) is 71.6 Å². The van der Waals surface area contributed by atoms with E-state index in [-0.39, 0.29) is 11.7 Å². The fourth-order valence-corrected chi connectivity index (χ4v) is 2.68. The zero-order valence-electron chi connectivity index (χ0n) is 16.3. The number of ether oxygens (including phenoxy) is 1. The Morgan fingerprint density at radius 3 is 2.53 bits per heavy atom. The normalized spacial score (nSPS) is 13.8. The number of halogens is 3. The molecule has 1 aliphatic heterocycles. The van der Waals surface area contributed by atoms with Crippen molar-refractivity contribution in [2.45, 2.75) is 19.6 Å². The van der Waals surface area contributed by atoms with Gasteiger partial charge in [0.2, 0.25) is 5.76 Å². The van der Waals surface area contributed by atoms with Gasteiger partial charge in [0.25, 0.3) is 5.91 Å². The zero-order chi connectivity index (χ0) is 22.3. The van der Waals surface area contributed by atoms with E-state index < -0.39 is 12.1 Å². The van der Waals surface area contributed by atoms with Gasteiger partial charge in [0.15, 0.2) is 0 Å². The molecular formula is C18H21F3N4O5. The average molecular weight is 430 g/mol. The molecule has 1 N–H and O–H groups in total. The first-order chi connectivity index (χ1) is 14.1. The van der Waals surface area contributed by atoms with Crippen molar-refractivity contribution in [2.24, 2.45) is 0 Å². The number of nitrogens with zero attached hydrogens (tertiary/aromatic N) is 4. The van der Waals surface area contributed by atoms with Crippen LogP contribution in [-0.2, 0) is 16.1 Å². The topological polar surface area (TPSA) is 109 Å². The quantitative estimate of drug-likeness (QED) is 0.786. The molecule has 0 atom stereocenters. The first-order valence-electron chi connectivity index (χ1n) is 8.84. The molecule has 12 heteroatoms. The van der Waals surface area contributed by atoms with Crippen molar-refractivity contribution in [1.82, 2.24) is 15.0 Å². The molecule has 30 heavy (non-hydrogen) atoms. The number of alkyl halides is 3. The molecule has 0 unspecified atom stereocenters. The number of methoxy groups -OCH3 is 1. The Kier molecular flexibility index (Phi) is 7.75. The summed E-state index contributed by atoms with van der Waals surface area (Å²) >= 11 is 0. The van der Waals surface area contributed by atoms with Gasteiger partial charge >= 0.3 is 12.1 Å². The van der Waals surface area contributed by atoms with Crippen LogP contribution in [0.3, 0.4) is 0 Å². The minimum atomic E-state index is -5.08. The van der Waals surface area contributed by atoms with Crippen molar-refractivity contribution < 1.29 is 37.1 Å². The summed E-state index contributed by atoms with van der Waals surface area (Å²) in [5.74, 6) is -1.72. The summed E-state index contributed by atoms with van der Waals surface area (Å²) in [5.41, 5.74) is 1.98. The standard InChI is InChI=1S/C16H20N4O3.C2HF3O2/c1-12-3-4-13-11-20(16(21)14-5-6-17-23-14)8-7-19(9-10-22-2)15(13)18-12;3-2(4,5)1(6)7/h3-6H,7-11H2,1-2H3;(H,6,7). The maximum Gasteiger partial charge on any atom is 0.490 e. The van der Waals surface area contributed by atoms with E-state index in [0.717, 1.165) is 23.6 Å². The molecule has 3 heterocycles. The number of hydrogen-bond donors (Lipinski definition) is 1. The molecule has 0 bridgehead atoms. The summed E-state index contributed by atoms with van der Waals surface area (Å²) in [7, 11) is 1.68. The minimum Gasteiger partial charge on any atom is -0.475 e. The lowest BCUT2D eigenvalue weighted by atomic mass is 10.2. The summed E-state index contributed by atoms with van der Waals surface area (Å²) in [4.78, 5) is 30.0. The summed E-state index contributed by atoms with van der Waals surface area (Å²) < 4.78 is 41.9. The minimum absolute atomic E-state index is 0.150. The van der Waals surface area contributed by atoms with Crippen LogP contribution < -0.4 is 4.90 Å². The third-order valence-electron chi connectivity index (χ3n) is 4.14. The molecule has 2 aromatic rings. The highest BCUT2D eigenvalue weighted by atomic mass is 19.4. The predicted octanol–water partition coefficient (Wildman–Crippen LogP) is 2.12. The molecule has 0 aliphatic carbocycles. The molecule has 9 nitrogen and oxygen atoms in total.